The lowest BCUT2D eigenvalue weighted by Gasteiger charge is -2.18. The van der Waals surface area contributed by atoms with Gasteiger partial charge in [-0.15, -0.1) is 5.10 Å². The van der Waals surface area contributed by atoms with Gasteiger partial charge in [-0.2, -0.15) is 0 Å². The molecule has 10 nitrogen and oxygen atoms in total. The van der Waals surface area contributed by atoms with Crippen LogP contribution in [0.4, 0.5) is 11.4 Å². The van der Waals surface area contributed by atoms with Crippen LogP contribution in [0.2, 0.25) is 0 Å². The minimum atomic E-state index is -3.88. The largest absolute Gasteiger partial charge is 0.482 e. The molecule has 1 aliphatic rings. The number of sulfonamides is 1. The Morgan fingerprint density at radius 1 is 1.22 bits per heavy atom. The summed E-state index contributed by atoms with van der Waals surface area (Å²) in [4.78, 5) is 11.4. The van der Waals surface area contributed by atoms with Crippen molar-refractivity contribution in [2.45, 2.75) is 4.90 Å². The topological polar surface area (TPSA) is 128 Å². The zero-order chi connectivity index (χ0) is 19.0. The van der Waals surface area contributed by atoms with E-state index >= 15 is 0 Å². The maximum atomic E-state index is 12.7. The van der Waals surface area contributed by atoms with Crippen molar-refractivity contribution in [3.05, 3.63) is 42.5 Å². The Hall–Kier alpha value is -3.47. The van der Waals surface area contributed by atoms with Gasteiger partial charge in [0.25, 0.3) is 15.9 Å². The van der Waals surface area contributed by atoms with Crippen LogP contribution in [0.5, 0.6) is 5.75 Å². The highest BCUT2D eigenvalue weighted by atomic mass is 32.2. The van der Waals surface area contributed by atoms with E-state index in [1.54, 1.807) is 31.3 Å². The van der Waals surface area contributed by atoms with Crippen molar-refractivity contribution in [2.75, 3.05) is 16.6 Å². The third-order valence-corrected chi connectivity index (χ3v) is 5.27. The Labute approximate surface area is 154 Å². The van der Waals surface area contributed by atoms with Crippen LogP contribution < -0.4 is 14.8 Å². The highest BCUT2D eigenvalue weighted by molar-refractivity contribution is 7.92. The van der Waals surface area contributed by atoms with E-state index < -0.39 is 10.0 Å². The van der Waals surface area contributed by atoms with Crippen LogP contribution >= 0.6 is 0 Å². The fourth-order valence-electron chi connectivity index (χ4n) is 2.64. The molecule has 0 bridgehead atoms. The highest BCUT2D eigenvalue weighted by Gasteiger charge is 2.21. The number of hydrogen-bond donors (Lipinski definition) is 2. The number of benzene rings is 2. The third kappa shape index (κ3) is 3.31. The Morgan fingerprint density at radius 3 is 2.85 bits per heavy atom. The lowest BCUT2D eigenvalue weighted by molar-refractivity contribution is -0.118. The minimum absolute atomic E-state index is 0.00206. The van der Waals surface area contributed by atoms with Gasteiger partial charge in [0.2, 0.25) is 0 Å². The van der Waals surface area contributed by atoms with Crippen LogP contribution in [0.3, 0.4) is 0 Å². The number of carbonyl (C=O) groups is 1. The minimum Gasteiger partial charge on any atom is -0.482 e. The van der Waals surface area contributed by atoms with E-state index in [9.17, 15) is 13.2 Å². The number of hydrogen-bond acceptors (Lipinski definition) is 7. The van der Waals surface area contributed by atoms with E-state index in [1.807, 2.05) is 0 Å². The smallest absolute Gasteiger partial charge is 0.262 e. The fraction of sp³-hybridized carbons (Fsp3) is 0.125. The van der Waals surface area contributed by atoms with Gasteiger partial charge in [-0.05, 0) is 40.8 Å². The molecule has 0 aliphatic carbocycles. The molecule has 0 saturated heterocycles. The zero-order valence-corrected chi connectivity index (χ0v) is 14.9. The van der Waals surface area contributed by atoms with Crippen molar-refractivity contribution in [1.82, 2.24) is 20.2 Å². The molecule has 1 amide bonds. The number of anilines is 2. The maximum Gasteiger partial charge on any atom is 0.262 e. The molecule has 0 saturated carbocycles. The van der Waals surface area contributed by atoms with Crippen molar-refractivity contribution in [3.63, 3.8) is 0 Å². The average Bonchev–Trinajstić information content (AvgIpc) is 3.07. The lowest BCUT2D eigenvalue weighted by atomic mass is 10.2. The number of nitrogens with zero attached hydrogens (tertiary/aromatic N) is 4. The molecule has 2 aromatic carbocycles. The molecule has 0 fully saturated rings. The van der Waals surface area contributed by atoms with E-state index in [0.29, 0.717) is 28.5 Å². The van der Waals surface area contributed by atoms with E-state index in [1.165, 1.54) is 22.9 Å². The third-order valence-electron chi connectivity index (χ3n) is 3.89. The number of fused-ring (bicyclic) bond motifs is 1. The summed E-state index contributed by atoms with van der Waals surface area (Å²) in [6.07, 6.45) is 0. The van der Waals surface area contributed by atoms with Gasteiger partial charge in [-0.25, -0.2) is 13.1 Å². The molecular weight excluding hydrogens is 372 g/mol. The summed E-state index contributed by atoms with van der Waals surface area (Å²) in [6, 6.07) is 11.0. The first-order chi connectivity index (χ1) is 12.9. The molecule has 138 valence electrons. The normalized spacial score (nSPS) is 13.4. The molecule has 4 rings (SSSR count). The van der Waals surface area contributed by atoms with E-state index in [0.717, 1.165) is 0 Å². The predicted molar refractivity (Wildman–Crippen MR) is 95.6 cm³/mol. The molecular formula is C16H14N6O4S. The second kappa shape index (κ2) is 6.36. The summed E-state index contributed by atoms with van der Waals surface area (Å²) < 4.78 is 34.7. The molecule has 0 unspecified atom stereocenters. The van der Waals surface area contributed by atoms with Gasteiger partial charge in [0, 0.05) is 18.3 Å². The van der Waals surface area contributed by atoms with Crippen LogP contribution in [-0.2, 0) is 21.9 Å². The summed E-state index contributed by atoms with van der Waals surface area (Å²) >= 11 is 0. The molecule has 27 heavy (non-hydrogen) atoms. The van der Waals surface area contributed by atoms with Gasteiger partial charge in [-0.3, -0.25) is 9.52 Å². The van der Waals surface area contributed by atoms with Crippen molar-refractivity contribution in [2.24, 2.45) is 7.05 Å². The van der Waals surface area contributed by atoms with Crippen molar-refractivity contribution in [3.8, 4) is 17.1 Å². The number of nitrogens with one attached hydrogen (secondary N) is 2. The van der Waals surface area contributed by atoms with Crippen LogP contribution in [0, 0.1) is 0 Å². The second-order valence-corrected chi connectivity index (χ2v) is 7.49. The molecule has 2 heterocycles. The molecule has 0 atom stereocenters. The summed E-state index contributed by atoms with van der Waals surface area (Å²) in [5.74, 6) is 0.588. The van der Waals surface area contributed by atoms with Crippen LogP contribution in [0.15, 0.2) is 47.4 Å². The average molecular weight is 386 g/mol. The number of aryl methyl sites for hydroxylation is 1. The molecule has 1 aromatic heterocycles. The van der Waals surface area contributed by atoms with Gasteiger partial charge in [-0.1, -0.05) is 12.1 Å². The SMILES string of the molecule is Cn1nnnc1-c1cccc(NS(=O)(=O)c2ccc3c(c2)NC(=O)CO3)c1. The van der Waals surface area contributed by atoms with Gasteiger partial charge in [0.05, 0.1) is 10.6 Å². The Bertz CT molecular complexity index is 1140. The first kappa shape index (κ1) is 17.0. The summed E-state index contributed by atoms with van der Waals surface area (Å²) in [6.45, 7) is -0.0962. The Morgan fingerprint density at radius 2 is 2.07 bits per heavy atom. The number of ether oxygens (including phenoxy) is 1. The first-order valence-electron chi connectivity index (χ1n) is 7.85. The Kier molecular flexibility index (Phi) is 4.00. The summed E-state index contributed by atoms with van der Waals surface area (Å²) in [7, 11) is -2.19. The van der Waals surface area contributed by atoms with Crippen molar-refractivity contribution in [1.29, 1.82) is 0 Å². The molecule has 2 N–H and O–H groups in total. The van der Waals surface area contributed by atoms with E-state index in [2.05, 4.69) is 25.6 Å². The molecule has 1 aliphatic heterocycles. The fourth-order valence-corrected chi connectivity index (χ4v) is 3.71. The lowest BCUT2D eigenvalue weighted by Crippen LogP contribution is -2.25. The molecule has 0 radical (unpaired) electrons. The van der Waals surface area contributed by atoms with E-state index in [4.69, 9.17) is 4.74 Å². The van der Waals surface area contributed by atoms with Crippen LogP contribution in [0.25, 0.3) is 11.4 Å². The quantitative estimate of drug-likeness (QED) is 0.685. The summed E-state index contributed by atoms with van der Waals surface area (Å²) in [5.41, 5.74) is 1.33. The number of carbonyl (C=O) groups excluding carboxylic acids is 1. The van der Waals surface area contributed by atoms with Crippen LogP contribution in [0.1, 0.15) is 0 Å². The van der Waals surface area contributed by atoms with Gasteiger partial charge < -0.3 is 10.1 Å². The maximum absolute atomic E-state index is 12.7. The molecule has 0 spiro atoms. The van der Waals surface area contributed by atoms with Gasteiger partial charge >= 0.3 is 0 Å². The predicted octanol–water partition coefficient (Wildman–Crippen LogP) is 1.01. The number of rotatable bonds is 4. The van der Waals surface area contributed by atoms with E-state index in [-0.39, 0.29) is 17.4 Å². The monoisotopic (exact) mass is 386 g/mol. The van der Waals surface area contributed by atoms with Gasteiger partial charge in [0.1, 0.15) is 5.75 Å². The highest BCUT2D eigenvalue weighted by Crippen LogP contribution is 2.31. The molecule has 11 heteroatoms. The van der Waals surface area contributed by atoms with Gasteiger partial charge in [0.15, 0.2) is 12.4 Å². The number of aromatic nitrogens is 4. The summed E-state index contributed by atoms with van der Waals surface area (Å²) in [5, 5.41) is 13.8. The second-order valence-electron chi connectivity index (χ2n) is 5.81. The number of tetrazole rings is 1. The van der Waals surface area contributed by atoms with Crippen molar-refractivity contribution < 1.29 is 17.9 Å². The Balaban J connectivity index is 1.64. The standard InChI is InChI=1S/C16H14N6O4S/c1-22-16(18-20-21-22)10-3-2-4-11(7-10)19-27(24,25)12-5-6-14-13(8-12)17-15(23)9-26-14/h2-8,19H,9H2,1H3,(H,17,23). The van der Waals surface area contributed by atoms with Crippen molar-refractivity contribution >= 4 is 27.3 Å². The number of amides is 1. The first-order valence-corrected chi connectivity index (χ1v) is 9.33. The zero-order valence-electron chi connectivity index (χ0n) is 14.1. The molecule has 3 aromatic rings. The van der Waals surface area contributed by atoms with Crippen LogP contribution in [-0.4, -0.2) is 41.1 Å².